The predicted molar refractivity (Wildman–Crippen MR) is 57.9 cm³/mol. The van der Waals surface area contributed by atoms with Crippen molar-refractivity contribution < 1.29 is 0 Å². The summed E-state index contributed by atoms with van der Waals surface area (Å²) in [4.78, 5) is 0. The first-order valence-corrected chi connectivity index (χ1v) is 4.92. The second-order valence-corrected chi connectivity index (χ2v) is 3.95. The number of nitrogens with one attached hydrogen (secondary N) is 1. The van der Waals surface area contributed by atoms with E-state index in [1.807, 2.05) is 0 Å². The van der Waals surface area contributed by atoms with E-state index in [2.05, 4.69) is 57.3 Å². The van der Waals surface area contributed by atoms with Crippen LogP contribution in [0.5, 0.6) is 0 Å². The van der Waals surface area contributed by atoms with Crippen molar-refractivity contribution in [1.29, 1.82) is 0 Å². The van der Waals surface area contributed by atoms with Gasteiger partial charge in [0.05, 0.1) is 0 Å². The number of hydrogen-bond donors (Lipinski definition) is 1. The first-order chi connectivity index (χ1) is 6.09. The van der Waals surface area contributed by atoms with Crippen LogP contribution in [-0.4, -0.2) is 6.04 Å². The quantitative estimate of drug-likeness (QED) is 0.748. The summed E-state index contributed by atoms with van der Waals surface area (Å²) in [5, 5.41) is 3.48. The van der Waals surface area contributed by atoms with Crippen LogP contribution in [0.1, 0.15) is 37.9 Å². The fraction of sp³-hybridized carbons (Fsp3) is 0.500. The zero-order valence-electron chi connectivity index (χ0n) is 8.96. The third kappa shape index (κ3) is 3.19. The van der Waals surface area contributed by atoms with Crippen LogP contribution in [-0.2, 0) is 0 Å². The Labute approximate surface area is 81.2 Å². The van der Waals surface area contributed by atoms with E-state index in [-0.39, 0.29) is 0 Å². The molecule has 0 aromatic heterocycles. The zero-order chi connectivity index (χ0) is 9.84. The molecule has 0 fully saturated rings. The maximum Gasteiger partial charge on any atom is 0.0294 e. The van der Waals surface area contributed by atoms with Gasteiger partial charge in [0.1, 0.15) is 0 Å². The Kier molecular flexibility index (Phi) is 3.49. The molecule has 0 spiro atoms. The summed E-state index contributed by atoms with van der Waals surface area (Å²) < 4.78 is 0. The SMILES string of the molecule is Cc1ccc(C(C)NC(C)C)cc1. The minimum atomic E-state index is 0.445. The molecule has 1 unspecified atom stereocenters. The van der Waals surface area contributed by atoms with Crippen LogP contribution in [0.4, 0.5) is 0 Å². The van der Waals surface area contributed by atoms with Crippen LogP contribution >= 0.6 is 0 Å². The molecule has 13 heavy (non-hydrogen) atoms. The summed E-state index contributed by atoms with van der Waals surface area (Å²) in [5.74, 6) is 0. The number of benzene rings is 1. The van der Waals surface area contributed by atoms with Crippen LogP contribution in [0.2, 0.25) is 0 Å². The van der Waals surface area contributed by atoms with Gasteiger partial charge in [-0.25, -0.2) is 0 Å². The van der Waals surface area contributed by atoms with Gasteiger partial charge in [0, 0.05) is 12.1 Å². The summed E-state index contributed by atoms with van der Waals surface area (Å²) in [7, 11) is 0. The van der Waals surface area contributed by atoms with Gasteiger partial charge in [0.2, 0.25) is 0 Å². The Hall–Kier alpha value is -0.820. The van der Waals surface area contributed by atoms with Crippen LogP contribution in [0.3, 0.4) is 0 Å². The Morgan fingerprint density at radius 3 is 2.00 bits per heavy atom. The van der Waals surface area contributed by atoms with Crippen LogP contribution in [0, 0.1) is 6.92 Å². The van der Waals surface area contributed by atoms with Crippen molar-refractivity contribution in [2.24, 2.45) is 0 Å². The molecule has 0 radical (unpaired) electrons. The van der Waals surface area contributed by atoms with Gasteiger partial charge in [0.25, 0.3) is 0 Å². The second-order valence-electron chi connectivity index (χ2n) is 3.95. The number of hydrogen-bond acceptors (Lipinski definition) is 1. The minimum absolute atomic E-state index is 0.445. The lowest BCUT2D eigenvalue weighted by atomic mass is 10.1. The van der Waals surface area contributed by atoms with Gasteiger partial charge in [-0.05, 0) is 19.4 Å². The molecule has 0 bridgehead atoms. The Balaban J connectivity index is 2.66. The topological polar surface area (TPSA) is 12.0 Å². The molecule has 1 heteroatoms. The molecule has 0 saturated carbocycles. The van der Waals surface area contributed by atoms with E-state index in [0.717, 1.165) is 0 Å². The molecule has 0 aliphatic rings. The van der Waals surface area contributed by atoms with Crippen molar-refractivity contribution in [2.75, 3.05) is 0 Å². The van der Waals surface area contributed by atoms with Crippen molar-refractivity contribution in [3.8, 4) is 0 Å². The highest BCUT2D eigenvalue weighted by atomic mass is 14.9. The molecule has 72 valence electrons. The zero-order valence-corrected chi connectivity index (χ0v) is 8.96. The van der Waals surface area contributed by atoms with Crippen molar-refractivity contribution in [3.05, 3.63) is 35.4 Å². The monoisotopic (exact) mass is 177 g/mol. The predicted octanol–water partition coefficient (Wildman–Crippen LogP) is 3.05. The summed E-state index contributed by atoms with van der Waals surface area (Å²) >= 11 is 0. The summed E-state index contributed by atoms with van der Waals surface area (Å²) in [6.45, 7) is 8.66. The number of rotatable bonds is 3. The standard InChI is InChI=1S/C12H19N/c1-9(2)13-11(4)12-7-5-10(3)6-8-12/h5-9,11,13H,1-4H3. The molecule has 1 aromatic rings. The summed E-state index contributed by atoms with van der Waals surface area (Å²) in [5.41, 5.74) is 2.68. The molecule has 1 rings (SSSR count). The molecule has 1 nitrogen and oxygen atoms in total. The lowest BCUT2D eigenvalue weighted by molar-refractivity contribution is 0.506. The number of aryl methyl sites for hydroxylation is 1. The van der Waals surface area contributed by atoms with Crippen LogP contribution in [0.15, 0.2) is 24.3 Å². The minimum Gasteiger partial charge on any atom is -0.308 e. The van der Waals surface area contributed by atoms with E-state index >= 15 is 0 Å². The molecule has 0 aliphatic carbocycles. The van der Waals surface area contributed by atoms with Gasteiger partial charge in [0.15, 0.2) is 0 Å². The molecule has 1 atom stereocenters. The Morgan fingerprint density at radius 1 is 1.00 bits per heavy atom. The van der Waals surface area contributed by atoms with E-state index in [1.165, 1.54) is 11.1 Å². The molecular formula is C12H19N. The highest BCUT2D eigenvalue weighted by Crippen LogP contribution is 2.13. The Bertz CT molecular complexity index is 248. The van der Waals surface area contributed by atoms with E-state index in [9.17, 15) is 0 Å². The first kappa shape index (κ1) is 10.3. The average Bonchev–Trinajstić information content (AvgIpc) is 2.04. The smallest absolute Gasteiger partial charge is 0.0294 e. The van der Waals surface area contributed by atoms with Gasteiger partial charge in [-0.1, -0.05) is 43.7 Å². The highest BCUT2D eigenvalue weighted by Gasteiger charge is 2.04. The largest absolute Gasteiger partial charge is 0.308 e. The maximum absolute atomic E-state index is 3.48. The normalized spacial score (nSPS) is 13.3. The third-order valence-corrected chi connectivity index (χ3v) is 2.16. The van der Waals surface area contributed by atoms with Gasteiger partial charge in [-0.2, -0.15) is 0 Å². The fourth-order valence-electron chi connectivity index (χ4n) is 1.45. The van der Waals surface area contributed by atoms with Crippen molar-refractivity contribution in [3.63, 3.8) is 0 Å². The van der Waals surface area contributed by atoms with Gasteiger partial charge in [-0.15, -0.1) is 0 Å². The van der Waals surface area contributed by atoms with Crippen molar-refractivity contribution in [1.82, 2.24) is 5.32 Å². The summed E-state index contributed by atoms with van der Waals surface area (Å²) in [6.07, 6.45) is 0. The highest BCUT2D eigenvalue weighted by molar-refractivity contribution is 5.23. The van der Waals surface area contributed by atoms with Gasteiger partial charge < -0.3 is 5.32 Å². The van der Waals surface area contributed by atoms with Crippen LogP contribution in [0.25, 0.3) is 0 Å². The maximum atomic E-state index is 3.48. The lowest BCUT2D eigenvalue weighted by Crippen LogP contribution is -2.25. The third-order valence-electron chi connectivity index (χ3n) is 2.16. The van der Waals surface area contributed by atoms with Crippen molar-refractivity contribution >= 4 is 0 Å². The van der Waals surface area contributed by atoms with E-state index < -0.39 is 0 Å². The molecule has 0 heterocycles. The summed E-state index contributed by atoms with van der Waals surface area (Å²) in [6, 6.07) is 9.68. The van der Waals surface area contributed by atoms with Gasteiger partial charge >= 0.3 is 0 Å². The first-order valence-electron chi connectivity index (χ1n) is 4.92. The second kappa shape index (κ2) is 4.43. The van der Waals surface area contributed by atoms with E-state index in [4.69, 9.17) is 0 Å². The average molecular weight is 177 g/mol. The van der Waals surface area contributed by atoms with Crippen molar-refractivity contribution in [2.45, 2.75) is 39.8 Å². The molecule has 0 aliphatic heterocycles. The molecule has 0 saturated heterocycles. The Morgan fingerprint density at radius 2 is 1.54 bits per heavy atom. The molecule has 0 amide bonds. The fourth-order valence-corrected chi connectivity index (χ4v) is 1.45. The van der Waals surface area contributed by atoms with Crippen LogP contribution < -0.4 is 5.32 Å². The molecule has 1 N–H and O–H groups in total. The molecule has 1 aromatic carbocycles. The van der Waals surface area contributed by atoms with Gasteiger partial charge in [-0.3, -0.25) is 0 Å². The van der Waals surface area contributed by atoms with E-state index in [1.54, 1.807) is 0 Å². The lowest BCUT2D eigenvalue weighted by Gasteiger charge is -2.17. The van der Waals surface area contributed by atoms with E-state index in [0.29, 0.717) is 12.1 Å². The molecular weight excluding hydrogens is 158 g/mol.